The Morgan fingerprint density at radius 3 is 2.56 bits per heavy atom. The van der Waals surface area contributed by atoms with E-state index in [1.54, 1.807) is 21.7 Å². The van der Waals surface area contributed by atoms with Gasteiger partial charge in [0, 0.05) is 1.37 Å². The van der Waals surface area contributed by atoms with Crippen LogP contribution in [0, 0.1) is 5.89 Å². The fourth-order valence-corrected chi connectivity index (χ4v) is 0.492. The van der Waals surface area contributed by atoms with E-state index in [1.165, 1.54) is 0 Å². The number of rotatable bonds is 3. The summed E-state index contributed by atoms with van der Waals surface area (Å²) in [5.74, 6) is -0.859. The molecule has 0 amide bonds. The molecule has 0 rings (SSSR count). The van der Waals surface area contributed by atoms with Gasteiger partial charge in [0.15, 0.2) is 0 Å². The lowest BCUT2D eigenvalue weighted by molar-refractivity contribution is -0.210. The third-order valence-corrected chi connectivity index (χ3v) is 1.75. The maximum atomic E-state index is 11.8. The fourth-order valence-electron chi connectivity index (χ4n) is 0.492. The van der Waals surface area contributed by atoms with E-state index in [9.17, 15) is 4.53 Å². The van der Waals surface area contributed by atoms with E-state index in [1.807, 2.05) is 6.92 Å². The maximum Gasteiger partial charge on any atom is 0.147 e. The molecule has 0 aromatic heterocycles. The molecule has 9 heavy (non-hydrogen) atoms. The molecule has 2 unspecified atom stereocenters. The molecule has 0 aromatic carbocycles. The molecule has 0 aliphatic rings. The average molecular weight is 134 g/mol. The van der Waals surface area contributed by atoms with Crippen molar-refractivity contribution in [3.05, 3.63) is 0 Å². The van der Waals surface area contributed by atoms with Crippen LogP contribution in [0.3, 0.4) is 0 Å². The van der Waals surface area contributed by atoms with E-state index in [0.29, 0.717) is 6.42 Å². The fraction of sp³-hybridized carbons (Fsp3) is 1.00. The molecule has 0 aromatic rings. The van der Waals surface area contributed by atoms with E-state index < -0.39 is 11.4 Å². The summed E-state index contributed by atoms with van der Waals surface area (Å²) >= 11 is 0. The van der Waals surface area contributed by atoms with Gasteiger partial charge in [-0.3, -0.25) is 0 Å². The molecule has 0 aliphatic heterocycles. The van der Waals surface area contributed by atoms with Gasteiger partial charge in [0.05, 0.1) is 5.50 Å². The smallest absolute Gasteiger partial charge is 0.147 e. The Morgan fingerprint density at radius 1 is 2.00 bits per heavy atom. The van der Waals surface area contributed by atoms with Crippen LogP contribution >= 0.6 is 0 Å². The Kier molecular flexibility index (Phi) is 2.52. The van der Waals surface area contributed by atoms with E-state index >= 15 is 0 Å². The lowest BCUT2D eigenvalue weighted by Gasteiger charge is -2.25. The van der Waals surface area contributed by atoms with Crippen molar-refractivity contribution in [2.75, 3.05) is 0 Å². The van der Waals surface area contributed by atoms with Crippen molar-refractivity contribution in [1.82, 2.24) is 0 Å². The highest BCUT2D eigenvalue weighted by Crippen LogP contribution is 2.20. The summed E-state index contributed by atoms with van der Waals surface area (Å²) in [6, 6.07) is 0. The standard InChI is InChI=1S/C6H14BFO/c1-4-5(2)6(3,7)9-8/h5H,4,7H2,1-3H3/i5T. The highest BCUT2D eigenvalue weighted by atomic mass is 19.3. The maximum absolute atomic E-state index is 11.8. The molecule has 0 radical (unpaired) electrons. The van der Waals surface area contributed by atoms with E-state index in [0.717, 1.165) is 0 Å². The zero-order valence-corrected chi connectivity index (χ0v) is 6.49. The highest BCUT2D eigenvalue weighted by molar-refractivity contribution is 6.14. The van der Waals surface area contributed by atoms with Gasteiger partial charge in [0.1, 0.15) is 7.85 Å². The van der Waals surface area contributed by atoms with Gasteiger partial charge < -0.3 is 0 Å². The van der Waals surface area contributed by atoms with Crippen molar-refractivity contribution in [2.24, 2.45) is 5.89 Å². The van der Waals surface area contributed by atoms with Gasteiger partial charge in [-0.25, -0.2) is 0 Å². The molecule has 2 atom stereocenters. The average Bonchev–Trinajstić information content (AvgIpc) is 1.88. The molecule has 0 saturated carbocycles. The van der Waals surface area contributed by atoms with Crippen LogP contribution in [0.5, 0.6) is 0 Å². The molecular weight excluding hydrogens is 118 g/mol. The quantitative estimate of drug-likeness (QED) is 0.528. The molecule has 1 nitrogen and oxygen atoms in total. The van der Waals surface area contributed by atoms with Crippen LogP contribution in [0.1, 0.15) is 28.6 Å². The summed E-state index contributed by atoms with van der Waals surface area (Å²) in [6.07, 6.45) is 0.573. The molecule has 0 heterocycles. The Hall–Kier alpha value is -0.0451. The summed E-state index contributed by atoms with van der Waals surface area (Å²) in [5.41, 5.74) is -1.01. The lowest BCUT2D eigenvalue weighted by atomic mass is 9.73. The second kappa shape index (κ2) is 3.21. The van der Waals surface area contributed by atoms with Crippen LogP contribution in [0.15, 0.2) is 0 Å². The topological polar surface area (TPSA) is 9.23 Å². The van der Waals surface area contributed by atoms with Gasteiger partial charge in [-0.05, 0) is 17.3 Å². The first-order valence-corrected chi connectivity index (χ1v) is 3.17. The Morgan fingerprint density at radius 2 is 2.44 bits per heavy atom. The van der Waals surface area contributed by atoms with Crippen LogP contribution in [0.2, 0.25) is 0 Å². The van der Waals surface area contributed by atoms with Crippen LogP contribution in [0.25, 0.3) is 0 Å². The summed E-state index contributed by atoms with van der Waals surface area (Å²) in [7, 11) is 1.57. The van der Waals surface area contributed by atoms with Gasteiger partial charge in [0.2, 0.25) is 0 Å². The second-order valence-corrected chi connectivity index (χ2v) is 2.72. The third kappa shape index (κ3) is 2.35. The van der Waals surface area contributed by atoms with Gasteiger partial charge in [-0.2, -0.15) is 4.94 Å². The monoisotopic (exact) mass is 134 g/mol. The minimum atomic E-state index is -1.01. The normalized spacial score (nSPS) is 26.0. The van der Waals surface area contributed by atoms with Crippen molar-refractivity contribution >= 4 is 7.85 Å². The van der Waals surface area contributed by atoms with Gasteiger partial charge >= 0.3 is 0 Å². The zero-order valence-electron chi connectivity index (χ0n) is 7.49. The molecule has 54 valence electrons. The second-order valence-electron chi connectivity index (χ2n) is 2.72. The van der Waals surface area contributed by atoms with Crippen molar-refractivity contribution in [3.8, 4) is 0 Å². The molecule has 0 saturated heterocycles. The first-order valence-electron chi connectivity index (χ1n) is 3.67. The molecule has 0 bridgehead atoms. The van der Waals surface area contributed by atoms with E-state index in [-0.39, 0.29) is 0 Å². The largest absolute Gasteiger partial charge is 0.197 e. The number of hydrogen-bond donors (Lipinski definition) is 0. The molecule has 3 heteroatoms. The van der Waals surface area contributed by atoms with Crippen molar-refractivity contribution < 1.29 is 10.8 Å². The van der Waals surface area contributed by atoms with Crippen LogP contribution in [-0.4, -0.2) is 13.3 Å². The molecular formula is C6H14BFO. The van der Waals surface area contributed by atoms with Crippen LogP contribution < -0.4 is 0 Å². The number of hydrogen-bond acceptors (Lipinski definition) is 1. The van der Waals surface area contributed by atoms with E-state index in [2.05, 4.69) is 4.94 Å². The Labute approximate surface area is 58.3 Å². The van der Waals surface area contributed by atoms with E-state index in [4.69, 9.17) is 1.37 Å². The van der Waals surface area contributed by atoms with Crippen LogP contribution in [0.4, 0.5) is 4.53 Å². The summed E-state index contributed by atoms with van der Waals surface area (Å²) in [6.45, 7) is 5.07. The minimum absolute atomic E-state index is 0.573. The first-order chi connectivity index (χ1) is 4.37. The molecule has 0 spiro atoms. The predicted molar refractivity (Wildman–Crippen MR) is 38.6 cm³/mol. The van der Waals surface area contributed by atoms with Crippen molar-refractivity contribution in [1.29, 1.82) is 0 Å². The molecule has 0 N–H and O–H groups in total. The summed E-state index contributed by atoms with van der Waals surface area (Å²) in [4.78, 5) is 3.71. The summed E-state index contributed by atoms with van der Waals surface area (Å²) in [5, 5.41) is 0. The first kappa shape index (κ1) is 7.07. The Bertz CT molecular complexity index is 102. The minimum Gasteiger partial charge on any atom is -0.197 e. The molecule has 0 fully saturated rings. The van der Waals surface area contributed by atoms with Crippen molar-refractivity contribution in [2.45, 2.75) is 32.7 Å². The number of halogens is 1. The predicted octanol–water partition coefficient (Wildman–Crippen LogP) is 1.28. The summed E-state index contributed by atoms with van der Waals surface area (Å²) < 4.78 is 19.4. The lowest BCUT2D eigenvalue weighted by Crippen LogP contribution is -2.33. The van der Waals surface area contributed by atoms with Crippen molar-refractivity contribution in [3.63, 3.8) is 0 Å². The molecule has 0 aliphatic carbocycles. The van der Waals surface area contributed by atoms with Gasteiger partial charge in [-0.1, -0.05) is 20.3 Å². The SMILES string of the molecule is [3H]C(C)(CC)C(B)(C)OF. The van der Waals surface area contributed by atoms with Gasteiger partial charge in [0.25, 0.3) is 0 Å². The van der Waals surface area contributed by atoms with Crippen LogP contribution in [-0.2, 0) is 4.94 Å². The third-order valence-electron chi connectivity index (χ3n) is 1.75. The Balaban J connectivity index is 4.28. The van der Waals surface area contributed by atoms with Gasteiger partial charge in [-0.15, -0.1) is 0 Å². The highest BCUT2D eigenvalue weighted by Gasteiger charge is 2.25. The zero-order chi connectivity index (χ0) is 8.41.